The van der Waals surface area contributed by atoms with Crippen LogP contribution in [-0.2, 0) is 4.79 Å². The van der Waals surface area contributed by atoms with E-state index in [1.807, 2.05) is 24.3 Å². The number of nitrogens with one attached hydrogen (secondary N) is 1. The molecule has 0 saturated carbocycles. The molecule has 0 fully saturated rings. The number of aryl methyl sites for hydroxylation is 1. The number of nitrogens with zero attached hydrogens (tertiary/aromatic N) is 1. The first-order chi connectivity index (χ1) is 9.60. The highest BCUT2D eigenvalue weighted by molar-refractivity contribution is 14.1. The van der Waals surface area contributed by atoms with Gasteiger partial charge < -0.3 is 9.73 Å². The monoisotopic (exact) mass is 378 g/mol. The van der Waals surface area contributed by atoms with Gasteiger partial charge in [-0.05, 0) is 53.8 Å². The van der Waals surface area contributed by atoms with E-state index >= 15 is 0 Å². The van der Waals surface area contributed by atoms with Gasteiger partial charge in [0.1, 0.15) is 23.2 Å². The summed E-state index contributed by atoms with van der Waals surface area (Å²) in [5.41, 5.74) is 0.675. The lowest BCUT2D eigenvalue weighted by molar-refractivity contribution is -0.112. The first-order valence-electron chi connectivity index (χ1n) is 5.84. The molecule has 2 aromatic rings. The topological polar surface area (TPSA) is 66.0 Å². The van der Waals surface area contributed by atoms with E-state index in [1.165, 1.54) is 6.08 Å². The summed E-state index contributed by atoms with van der Waals surface area (Å²) in [4.78, 5) is 12.1. The van der Waals surface area contributed by atoms with Crippen LogP contribution in [0, 0.1) is 21.8 Å². The highest BCUT2D eigenvalue weighted by Crippen LogP contribution is 2.18. The van der Waals surface area contributed by atoms with Crippen molar-refractivity contribution in [1.82, 2.24) is 0 Å². The third-order valence-electron chi connectivity index (χ3n) is 2.53. The molecule has 5 heteroatoms. The van der Waals surface area contributed by atoms with E-state index in [9.17, 15) is 4.79 Å². The molecule has 100 valence electrons. The molecule has 1 amide bonds. The van der Waals surface area contributed by atoms with Crippen LogP contribution < -0.4 is 5.32 Å². The summed E-state index contributed by atoms with van der Waals surface area (Å²) in [5, 5.41) is 11.8. The molecule has 4 nitrogen and oxygen atoms in total. The Balaban J connectivity index is 2.21. The zero-order chi connectivity index (χ0) is 14.5. The Labute approximate surface area is 130 Å². The van der Waals surface area contributed by atoms with Crippen LogP contribution in [0.3, 0.4) is 0 Å². The van der Waals surface area contributed by atoms with Gasteiger partial charge in [0.15, 0.2) is 0 Å². The lowest BCUT2D eigenvalue weighted by atomic mass is 10.2. The van der Waals surface area contributed by atoms with Crippen molar-refractivity contribution >= 4 is 40.3 Å². The molecule has 1 aromatic carbocycles. The van der Waals surface area contributed by atoms with Crippen molar-refractivity contribution in [2.75, 3.05) is 5.32 Å². The van der Waals surface area contributed by atoms with Gasteiger partial charge in [0.25, 0.3) is 5.91 Å². The number of rotatable bonds is 3. The number of carbonyl (C=O) groups is 1. The van der Waals surface area contributed by atoms with E-state index in [2.05, 4.69) is 27.9 Å². The second kappa shape index (κ2) is 6.39. The predicted octanol–water partition coefficient (Wildman–Crippen LogP) is 3.74. The Hall–Kier alpha value is -2.07. The van der Waals surface area contributed by atoms with Crippen LogP contribution in [0.2, 0.25) is 0 Å². The van der Waals surface area contributed by atoms with Crippen LogP contribution in [-0.4, -0.2) is 5.91 Å². The van der Waals surface area contributed by atoms with Gasteiger partial charge in [-0.3, -0.25) is 4.79 Å². The minimum absolute atomic E-state index is 0.000923. The Bertz CT molecular complexity index is 711. The maximum absolute atomic E-state index is 12.1. The molecule has 0 bridgehead atoms. The number of furan rings is 1. The third-order valence-corrected chi connectivity index (χ3v) is 3.48. The van der Waals surface area contributed by atoms with Crippen molar-refractivity contribution in [3.05, 3.63) is 57.1 Å². The fourth-order valence-electron chi connectivity index (χ4n) is 1.57. The van der Waals surface area contributed by atoms with Crippen molar-refractivity contribution in [3.63, 3.8) is 0 Å². The maximum atomic E-state index is 12.1. The van der Waals surface area contributed by atoms with Gasteiger partial charge in [0.2, 0.25) is 0 Å². The van der Waals surface area contributed by atoms with Gasteiger partial charge in [-0.2, -0.15) is 5.26 Å². The van der Waals surface area contributed by atoms with E-state index in [0.29, 0.717) is 11.4 Å². The fourth-order valence-corrected chi connectivity index (χ4v) is 2.10. The number of nitriles is 1. The lowest BCUT2D eigenvalue weighted by Gasteiger charge is -2.05. The molecule has 0 saturated heterocycles. The van der Waals surface area contributed by atoms with E-state index < -0.39 is 5.91 Å². The van der Waals surface area contributed by atoms with Crippen LogP contribution in [0.1, 0.15) is 11.5 Å². The molecule has 1 heterocycles. The second-order valence-electron chi connectivity index (χ2n) is 4.05. The van der Waals surface area contributed by atoms with Gasteiger partial charge in [-0.1, -0.05) is 12.1 Å². The van der Waals surface area contributed by atoms with Crippen molar-refractivity contribution in [1.29, 1.82) is 5.26 Å². The van der Waals surface area contributed by atoms with E-state index in [0.717, 1.165) is 9.33 Å². The number of benzene rings is 1. The molecule has 0 unspecified atom stereocenters. The largest absolute Gasteiger partial charge is 0.462 e. The van der Waals surface area contributed by atoms with E-state index in [-0.39, 0.29) is 5.57 Å². The minimum Gasteiger partial charge on any atom is -0.462 e. The molecule has 1 aromatic heterocycles. The van der Waals surface area contributed by atoms with Crippen LogP contribution in [0.5, 0.6) is 0 Å². The summed E-state index contributed by atoms with van der Waals surface area (Å²) >= 11 is 2.12. The fraction of sp³-hybridized carbons (Fsp3) is 0.0667. The smallest absolute Gasteiger partial charge is 0.266 e. The summed E-state index contributed by atoms with van der Waals surface area (Å²) < 4.78 is 6.24. The number of anilines is 1. The van der Waals surface area contributed by atoms with Crippen LogP contribution in [0.15, 0.2) is 46.4 Å². The Morgan fingerprint density at radius 1 is 1.35 bits per heavy atom. The molecule has 1 N–H and O–H groups in total. The van der Waals surface area contributed by atoms with Crippen molar-refractivity contribution in [2.24, 2.45) is 0 Å². The molecule has 20 heavy (non-hydrogen) atoms. The maximum Gasteiger partial charge on any atom is 0.266 e. The third kappa shape index (κ3) is 3.48. The molecule has 0 aliphatic heterocycles. The molecular formula is C15H11IN2O2. The van der Waals surface area contributed by atoms with Gasteiger partial charge >= 0.3 is 0 Å². The highest BCUT2D eigenvalue weighted by atomic mass is 127. The second-order valence-corrected chi connectivity index (χ2v) is 5.21. The first-order valence-corrected chi connectivity index (χ1v) is 6.92. The number of hydrogen-bond acceptors (Lipinski definition) is 3. The molecule has 2 rings (SSSR count). The molecular weight excluding hydrogens is 367 g/mol. The zero-order valence-electron chi connectivity index (χ0n) is 10.7. The number of hydrogen-bond donors (Lipinski definition) is 1. The number of para-hydroxylation sites is 1. The van der Waals surface area contributed by atoms with Gasteiger partial charge in [-0.15, -0.1) is 0 Å². The zero-order valence-corrected chi connectivity index (χ0v) is 12.8. The quantitative estimate of drug-likeness (QED) is 0.503. The molecule has 0 atom stereocenters. The summed E-state index contributed by atoms with van der Waals surface area (Å²) in [7, 11) is 0. The normalized spacial score (nSPS) is 10.9. The Kier molecular flexibility index (Phi) is 4.58. The van der Waals surface area contributed by atoms with Crippen molar-refractivity contribution in [3.8, 4) is 6.07 Å². The number of amides is 1. The van der Waals surface area contributed by atoms with Crippen molar-refractivity contribution in [2.45, 2.75) is 6.92 Å². The Morgan fingerprint density at radius 2 is 2.10 bits per heavy atom. The van der Waals surface area contributed by atoms with Crippen molar-refractivity contribution < 1.29 is 9.21 Å². The molecule has 0 spiro atoms. The average molecular weight is 378 g/mol. The molecule has 0 aliphatic carbocycles. The van der Waals surface area contributed by atoms with Gasteiger partial charge in [0.05, 0.1) is 5.69 Å². The molecule has 0 radical (unpaired) electrons. The number of carbonyl (C=O) groups excluding carboxylic acids is 1. The number of halogens is 1. The Morgan fingerprint density at radius 3 is 2.70 bits per heavy atom. The van der Waals surface area contributed by atoms with Gasteiger partial charge in [-0.25, -0.2) is 0 Å². The summed E-state index contributed by atoms with van der Waals surface area (Å²) in [6.45, 7) is 1.80. The van der Waals surface area contributed by atoms with E-state index in [4.69, 9.17) is 9.68 Å². The first kappa shape index (κ1) is 14.3. The van der Waals surface area contributed by atoms with Crippen LogP contribution >= 0.6 is 22.6 Å². The van der Waals surface area contributed by atoms with E-state index in [1.54, 1.807) is 25.1 Å². The summed E-state index contributed by atoms with van der Waals surface area (Å²) in [6, 6.07) is 12.7. The minimum atomic E-state index is -0.453. The summed E-state index contributed by atoms with van der Waals surface area (Å²) in [5.74, 6) is 0.759. The highest BCUT2D eigenvalue weighted by Gasteiger charge is 2.11. The standard InChI is InChI=1S/C15H11IN2O2/c1-10-6-7-12(20-10)8-11(9-17)15(19)18-14-5-3-2-4-13(14)16/h2-8H,1H3,(H,18,19)/b11-8+. The predicted molar refractivity (Wildman–Crippen MR) is 84.8 cm³/mol. The molecule has 0 aliphatic rings. The van der Waals surface area contributed by atoms with Gasteiger partial charge in [0, 0.05) is 9.65 Å². The lowest BCUT2D eigenvalue weighted by Crippen LogP contribution is -2.14. The van der Waals surface area contributed by atoms with Crippen LogP contribution in [0.4, 0.5) is 5.69 Å². The van der Waals surface area contributed by atoms with Crippen LogP contribution in [0.25, 0.3) is 6.08 Å². The average Bonchev–Trinajstić information content (AvgIpc) is 2.84. The SMILES string of the molecule is Cc1ccc(/C=C(\C#N)C(=O)Nc2ccccc2I)o1. The summed E-state index contributed by atoms with van der Waals surface area (Å²) in [6.07, 6.45) is 1.43.